The Bertz CT molecular complexity index is 804. The first-order valence-electron chi connectivity index (χ1n) is 7.05. The van der Waals surface area contributed by atoms with Crippen molar-refractivity contribution in [2.75, 3.05) is 0 Å². The van der Waals surface area contributed by atoms with E-state index >= 15 is 0 Å². The number of fused-ring (bicyclic) bond motifs is 1. The molecule has 0 aliphatic carbocycles. The lowest BCUT2D eigenvalue weighted by Gasteiger charge is -2.10. The van der Waals surface area contributed by atoms with Crippen LogP contribution < -0.4 is 0 Å². The smallest absolute Gasteiger partial charge is 0.218 e. The minimum atomic E-state index is -0.415. The molecule has 1 N–H and O–H groups in total. The van der Waals surface area contributed by atoms with E-state index in [2.05, 4.69) is 11.7 Å². The van der Waals surface area contributed by atoms with Crippen molar-refractivity contribution in [3.8, 4) is 11.4 Å². The zero-order valence-electron chi connectivity index (χ0n) is 12.3. The molecule has 6 heteroatoms. The van der Waals surface area contributed by atoms with Crippen molar-refractivity contribution in [1.29, 1.82) is 0 Å². The van der Waals surface area contributed by atoms with Crippen LogP contribution in [0, 0.1) is 5.21 Å². The molecule has 22 heavy (non-hydrogen) atoms. The zero-order valence-corrected chi connectivity index (χ0v) is 12.3. The van der Waals surface area contributed by atoms with E-state index in [-0.39, 0.29) is 0 Å². The second-order valence-electron chi connectivity index (χ2n) is 5.29. The maximum atomic E-state index is 11.4. The molecular formula is C16H17N3O3. The summed E-state index contributed by atoms with van der Waals surface area (Å²) in [4.78, 5) is 4.61. The quantitative estimate of drug-likeness (QED) is 0.340. The van der Waals surface area contributed by atoms with Gasteiger partial charge in [-0.25, -0.2) is 4.98 Å². The van der Waals surface area contributed by atoms with Crippen molar-refractivity contribution in [1.82, 2.24) is 9.55 Å². The number of aryl methyl sites for hydroxylation is 1. The Balaban J connectivity index is 2.16. The largest absolute Gasteiger partial charge is 0.619 e. The van der Waals surface area contributed by atoms with Crippen molar-refractivity contribution in [3.05, 3.63) is 42.0 Å². The van der Waals surface area contributed by atoms with Gasteiger partial charge in [-0.3, -0.25) is 0 Å². The van der Waals surface area contributed by atoms with Gasteiger partial charge in [0, 0.05) is 18.7 Å². The van der Waals surface area contributed by atoms with Crippen LogP contribution >= 0.6 is 0 Å². The Hall–Kier alpha value is -2.60. The highest BCUT2D eigenvalue weighted by atomic mass is 16.5. The summed E-state index contributed by atoms with van der Waals surface area (Å²) >= 11 is 0. The minimum absolute atomic E-state index is 0.415. The van der Waals surface area contributed by atoms with Crippen molar-refractivity contribution in [2.45, 2.75) is 26.0 Å². The lowest BCUT2D eigenvalue weighted by atomic mass is 10.2. The van der Waals surface area contributed by atoms with Gasteiger partial charge in [-0.1, -0.05) is 0 Å². The third-order valence-corrected chi connectivity index (χ3v) is 3.57. The van der Waals surface area contributed by atoms with Gasteiger partial charge in [0.15, 0.2) is 0 Å². The molecule has 0 radical (unpaired) electrons. The maximum Gasteiger partial charge on any atom is 0.218 e. The fraction of sp³-hybridized carbons (Fsp3) is 0.250. The Labute approximate surface area is 127 Å². The van der Waals surface area contributed by atoms with Gasteiger partial charge in [-0.15, -0.1) is 0 Å². The van der Waals surface area contributed by atoms with Crippen LogP contribution in [0.5, 0.6) is 0 Å². The van der Waals surface area contributed by atoms with Crippen molar-refractivity contribution >= 4 is 23.4 Å². The first-order chi connectivity index (χ1) is 10.6. The van der Waals surface area contributed by atoms with Crippen molar-refractivity contribution in [3.63, 3.8) is 0 Å². The second-order valence-corrected chi connectivity index (χ2v) is 5.29. The first-order valence-corrected chi connectivity index (χ1v) is 7.05. The summed E-state index contributed by atoms with van der Waals surface area (Å²) in [6.45, 7) is 5.71. The van der Waals surface area contributed by atoms with Gasteiger partial charge < -0.3 is 19.3 Å². The van der Waals surface area contributed by atoms with Crippen LogP contribution in [0.1, 0.15) is 13.3 Å². The number of hydrogen-bond acceptors (Lipinski definition) is 4. The number of benzene rings is 1. The van der Waals surface area contributed by atoms with Gasteiger partial charge in [0.25, 0.3) is 0 Å². The molecule has 0 saturated carbocycles. The van der Waals surface area contributed by atoms with E-state index in [1.165, 1.54) is 0 Å². The Morgan fingerprint density at radius 2 is 2.27 bits per heavy atom. The lowest BCUT2D eigenvalue weighted by molar-refractivity contribution is -0.349. The van der Waals surface area contributed by atoms with E-state index in [9.17, 15) is 10.3 Å². The highest BCUT2D eigenvalue weighted by molar-refractivity contribution is 5.82. The van der Waals surface area contributed by atoms with E-state index < -0.39 is 6.10 Å². The maximum absolute atomic E-state index is 11.4. The van der Waals surface area contributed by atoms with Gasteiger partial charge in [-0.05, 0) is 25.5 Å². The molecule has 0 aliphatic rings. The third-order valence-electron chi connectivity index (χ3n) is 3.57. The fourth-order valence-corrected chi connectivity index (χ4v) is 2.42. The molecule has 0 spiro atoms. The molecule has 3 aromatic rings. The van der Waals surface area contributed by atoms with Gasteiger partial charge in [0.05, 0.1) is 29.0 Å². The van der Waals surface area contributed by atoms with Crippen LogP contribution in [-0.2, 0) is 6.54 Å². The molecule has 3 rings (SSSR count). The molecule has 0 fully saturated rings. The number of imidazole rings is 1. The zero-order chi connectivity index (χ0) is 15.7. The van der Waals surface area contributed by atoms with Crippen LogP contribution in [-0.4, -0.2) is 32.2 Å². The standard InChI is InChI=1S/C16H17N3O3/c1-11(20)5-7-19-15-9-13(18(2)21)3-4-14(15)17-16(19)12-6-8-22-10-12/h3-4,6,8-11,20H,2,5,7H2,1H3. The first kappa shape index (κ1) is 14.3. The summed E-state index contributed by atoms with van der Waals surface area (Å²) in [6.07, 6.45) is 3.39. The molecule has 0 saturated heterocycles. The normalized spacial score (nSPS) is 12.6. The van der Waals surface area contributed by atoms with E-state index in [1.54, 1.807) is 37.6 Å². The van der Waals surface area contributed by atoms with E-state index in [4.69, 9.17) is 4.42 Å². The predicted molar refractivity (Wildman–Crippen MR) is 84.1 cm³/mol. The van der Waals surface area contributed by atoms with Gasteiger partial charge >= 0.3 is 0 Å². The molecule has 0 amide bonds. The summed E-state index contributed by atoms with van der Waals surface area (Å²) in [5.74, 6) is 0.753. The molecule has 1 aromatic carbocycles. The van der Waals surface area contributed by atoms with E-state index in [0.29, 0.717) is 23.4 Å². The number of aliphatic hydroxyl groups is 1. The fourth-order valence-electron chi connectivity index (χ4n) is 2.42. The van der Waals surface area contributed by atoms with Crippen molar-refractivity contribution in [2.24, 2.45) is 0 Å². The molecule has 2 aromatic heterocycles. The summed E-state index contributed by atoms with van der Waals surface area (Å²) < 4.78 is 7.69. The molecule has 0 bridgehead atoms. The van der Waals surface area contributed by atoms with Gasteiger partial charge in [0.1, 0.15) is 18.8 Å². The Kier molecular flexibility index (Phi) is 3.68. The van der Waals surface area contributed by atoms with Gasteiger partial charge in [0.2, 0.25) is 5.69 Å². The Morgan fingerprint density at radius 1 is 1.45 bits per heavy atom. The van der Waals surface area contributed by atoms with E-state index in [1.807, 2.05) is 10.6 Å². The number of rotatable bonds is 5. The highest BCUT2D eigenvalue weighted by Crippen LogP contribution is 2.28. The number of aliphatic hydroxyl groups excluding tert-OH is 1. The van der Waals surface area contributed by atoms with Crippen molar-refractivity contribution < 1.29 is 14.3 Å². The van der Waals surface area contributed by atoms with E-state index in [0.717, 1.165) is 22.4 Å². The molecule has 2 heterocycles. The molecule has 1 unspecified atom stereocenters. The van der Waals surface area contributed by atoms with Gasteiger partial charge in [-0.2, -0.15) is 4.74 Å². The summed E-state index contributed by atoms with van der Waals surface area (Å²) in [5.41, 5.74) is 2.94. The number of nitrogens with zero attached hydrogens (tertiary/aromatic N) is 3. The minimum Gasteiger partial charge on any atom is -0.619 e. The average molecular weight is 299 g/mol. The second kappa shape index (κ2) is 5.65. The van der Waals surface area contributed by atoms with Crippen LogP contribution in [0.2, 0.25) is 0 Å². The van der Waals surface area contributed by atoms with Crippen LogP contribution in [0.3, 0.4) is 0 Å². The Morgan fingerprint density at radius 3 is 2.91 bits per heavy atom. The summed E-state index contributed by atoms with van der Waals surface area (Å²) in [6, 6.07) is 7.08. The third kappa shape index (κ3) is 2.60. The van der Waals surface area contributed by atoms with Crippen LogP contribution in [0.15, 0.2) is 41.2 Å². The predicted octanol–water partition coefficient (Wildman–Crippen LogP) is 2.91. The molecule has 114 valence electrons. The molecule has 0 aliphatic heterocycles. The SMILES string of the molecule is C=[N+]([O-])c1ccc2nc(-c3ccoc3)n(CCC(C)O)c2c1. The van der Waals surface area contributed by atoms with Crippen LogP contribution in [0.25, 0.3) is 22.4 Å². The highest BCUT2D eigenvalue weighted by Gasteiger charge is 2.16. The summed E-state index contributed by atoms with van der Waals surface area (Å²) in [5, 5.41) is 21.0. The topological polar surface area (TPSA) is 77.3 Å². The number of furan rings is 1. The number of aromatic nitrogens is 2. The summed E-state index contributed by atoms with van der Waals surface area (Å²) in [7, 11) is 0. The monoisotopic (exact) mass is 299 g/mol. The molecule has 1 atom stereocenters. The number of hydrogen-bond donors (Lipinski definition) is 1. The lowest BCUT2D eigenvalue weighted by Crippen LogP contribution is -2.08. The van der Waals surface area contributed by atoms with Crippen LogP contribution in [0.4, 0.5) is 5.69 Å². The average Bonchev–Trinajstić information content (AvgIpc) is 3.11. The molecule has 6 nitrogen and oxygen atoms in total. The molecular weight excluding hydrogens is 282 g/mol.